The van der Waals surface area contributed by atoms with Crippen LogP contribution in [0.25, 0.3) is 150 Å². The normalized spacial score (nSPS) is 11.4. The maximum Gasteiger partial charge on any atom is 3.00 e. The zero-order valence-corrected chi connectivity index (χ0v) is 59.4. The minimum atomic E-state index is 0. The molecule has 0 unspecified atom stereocenters. The molecule has 0 saturated carbocycles. The molecule has 0 aliphatic carbocycles. The van der Waals surface area contributed by atoms with Crippen molar-refractivity contribution in [3.63, 3.8) is 0 Å². The Balaban J connectivity index is 0.000000121. The van der Waals surface area contributed by atoms with E-state index >= 15 is 0 Å². The van der Waals surface area contributed by atoms with Crippen molar-refractivity contribution in [3.05, 3.63) is 324 Å². The van der Waals surface area contributed by atoms with E-state index in [1.165, 1.54) is 99.6 Å². The van der Waals surface area contributed by atoms with E-state index in [0.29, 0.717) is 0 Å². The van der Waals surface area contributed by atoms with Crippen LogP contribution in [0, 0.1) is 80.5 Å². The van der Waals surface area contributed by atoms with E-state index in [4.69, 9.17) is 13.3 Å². The molecule has 486 valence electrons. The number of fused-ring (bicyclic) bond motifs is 9. The SMILES string of the molecule is Cc1ccc2oc3ccc(-c4cc(C)c(-n5ccnc5-c5[c-]cccc5)c(C)c4)cc3c2c1.Cc1ccc2oc3ccc(-c4cc(C)c(-n5ccnc5-c5[c-]cccc5)c(C)c4)cc3c2c1.Cc1ccc2oc3ccc(-c4cc(C)c(-n5ccnc5-c5[c-]cccc5)c(C)c4)cc3c2c1.[Ir+3]. The molecule has 0 saturated heterocycles. The van der Waals surface area contributed by atoms with Crippen LogP contribution >= 0.6 is 0 Å². The van der Waals surface area contributed by atoms with Gasteiger partial charge in [-0.15, -0.1) is 108 Å². The van der Waals surface area contributed by atoms with Crippen LogP contribution < -0.4 is 0 Å². The summed E-state index contributed by atoms with van der Waals surface area (Å²) < 4.78 is 24.7. The zero-order chi connectivity index (χ0) is 67.6. The summed E-state index contributed by atoms with van der Waals surface area (Å²) in [7, 11) is 0. The first kappa shape index (κ1) is 64.3. The number of benzene rings is 12. The van der Waals surface area contributed by atoms with E-state index in [-0.39, 0.29) is 20.1 Å². The monoisotopic (exact) mass is 1470 g/mol. The summed E-state index contributed by atoms with van der Waals surface area (Å²) >= 11 is 0. The molecule has 12 aromatic carbocycles. The predicted octanol–water partition coefficient (Wildman–Crippen LogP) is 23.5. The molecule has 0 amide bonds. The molecule has 6 aromatic heterocycles. The largest absolute Gasteiger partial charge is 3.00 e. The zero-order valence-electron chi connectivity index (χ0n) is 57.0. The molecule has 0 bridgehead atoms. The Morgan fingerprint density at radius 1 is 0.270 bits per heavy atom. The maximum atomic E-state index is 6.06. The summed E-state index contributed by atoms with van der Waals surface area (Å²) in [4.78, 5) is 13.8. The number of furan rings is 3. The number of hydrogen-bond acceptors (Lipinski definition) is 6. The Bertz CT molecular complexity index is 5440. The van der Waals surface area contributed by atoms with E-state index in [9.17, 15) is 0 Å². The second-order valence-electron chi connectivity index (χ2n) is 26.0. The molecular formula is C90H69IrN6O3. The third kappa shape index (κ3) is 12.1. The standard InChI is InChI=1S/3C30H23N2O.Ir/c3*1-19-9-11-27-25(15-19)26-18-23(10-12-28(26)33-27)24-16-20(2)29(21(3)17-24)32-14-13-31-30(32)22-7-5-4-6-8-22;/h3*4-7,9-18H,1-3H3;/q3*-1;+3. The van der Waals surface area contributed by atoms with E-state index < -0.39 is 0 Å². The molecule has 100 heavy (non-hydrogen) atoms. The summed E-state index contributed by atoms with van der Waals surface area (Å²) in [5.74, 6) is 2.70. The van der Waals surface area contributed by atoms with Gasteiger partial charge in [-0.25, -0.2) is 0 Å². The smallest absolute Gasteiger partial charge is 0.456 e. The Morgan fingerprint density at radius 2 is 0.520 bits per heavy atom. The van der Waals surface area contributed by atoms with Crippen LogP contribution in [0.15, 0.2) is 269 Å². The fourth-order valence-electron chi connectivity index (χ4n) is 14.4. The molecule has 0 atom stereocenters. The fraction of sp³-hybridized carbons (Fsp3) is 0.100. The van der Waals surface area contributed by atoms with Crippen molar-refractivity contribution in [3.8, 4) is 84.6 Å². The molecule has 0 fully saturated rings. The molecule has 10 heteroatoms. The van der Waals surface area contributed by atoms with Crippen LogP contribution in [-0.2, 0) is 20.1 Å². The van der Waals surface area contributed by atoms with Gasteiger partial charge in [0.05, 0.1) is 17.5 Å². The molecule has 0 N–H and O–H groups in total. The number of rotatable bonds is 9. The molecule has 0 radical (unpaired) electrons. The minimum absolute atomic E-state index is 0. The topological polar surface area (TPSA) is 92.9 Å². The van der Waals surface area contributed by atoms with Gasteiger partial charge in [0.1, 0.15) is 33.5 Å². The van der Waals surface area contributed by atoms with Crippen molar-refractivity contribution in [1.29, 1.82) is 0 Å². The quantitative estimate of drug-likeness (QED) is 0.134. The molecule has 0 aliphatic heterocycles. The Labute approximate surface area is 594 Å². The Morgan fingerprint density at radius 3 is 0.770 bits per heavy atom. The second kappa shape index (κ2) is 26.6. The van der Waals surface area contributed by atoms with Gasteiger partial charge in [0, 0.05) is 86.6 Å². The van der Waals surface area contributed by atoms with E-state index in [0.717, 1.165) is 101 Å². The number of aromatic nitrogens is 6. The number of nitrogens with zero attached hydrogens (tertiary/aromatic N) is 6. The minimum Gasteiger partial charge on any atom is -0.456 e. The summed E-state index contributed by atoms with van der Waals surface area (Å²) in [5.41, 5.74) is 30.1. The first-order valence-electron chi connectivity index (χ1n) is 33.4. The third-order valence-electron chi connectivity index (χ3n) is 18.8. The number of aryl methyl sites for hydroxylation is 9. The summed E-state index contributed by atoms with van der Waals surface area (Å²) in [6.07, 6.45) is 11.6. The molecule has 0 aliphatic rings. The average Bonchev–Trinajstić information content (AvgIpc) is 1.54. The van der Waals surface area contributed by atoms with Crippen molar-refractivity contribution >= 4 is 65.8 Å². The molecule has 0 spiro atoms. The van der Waals surface area contributed by atoms with Gasteiger partial charge < -0.3 is 27.0 Å². The number of imidazole rings is 3. The summed E-state index contributed by atoms with van der Waals surface area (Å²) in [5, 5.41) is 6.96. The third-order valence-corrected chi connectivity index (χ3v) is 18.8. The van der Waals surface area contributed by atoms with Crippen LogP contribution in [0.5, 0.6) is 0 Å². The van der Waals surface area contributed by atoms with Crippen LogP contribution in [0.4, 0.5) is 0 Å². The van der Waals surface area contributed by atoms with Crippen LogP contribution in [0.3, 0.4) is 0 Å². The van der Waals surface area contributed by atoms with Gasteiger partial charge in [0.15, 0.2) is 0 Å². The van der Waals surface area contributed by atoms with Gasteiger partial charge in [-0.2, -0.15) is 0 Å². The second-order valence-corrected chi connectivity index (χ2v) is 26.0. The molecular weight excluding hydrogens is 1410 g/mol. The van der Waals surface area contributed by atoms with Gasteiger partial charge in [0.2, 0.25) is 0 Å². The van der Waals surface area contributed by atoms with Crippen molar-refractivity contribution in [2.45, 2.75) is 62.3 Å². The van der Waals surface area contributed by atoms with E-state index in [2.05, 4.69) is 255 Å². The van der Waals surface area contributed by atoms with Crippen molar-refractivity contribution in [2.24, 2.45) is 0 Å². The average molecular weight is 1470 g/mol. The summed E-state index contributed by atoms with van der Waals surface area (Å²) in [6.45, 7) is 19.3. The van der Waals surface area contributed by atoms with Crippen molar-refractivity contribution < 1.29 is 33.4 Å². The van der Waals surface area contributed by atoms with Gasteiger partial charge in [-0.3, -0.25) is 15.0 Å². The Hall–Kier alpha value is -11.7. The summed E-state index contributed by atoms with van der Waals surface area (Å²) in [6, 6.07) is 85.8. The van der Waals surface area contributed by atoms with Gasteiger partial charge in [-0.1, -0.05) is 53.1 Å². The Kier molecular flexibility index (Phi) is 17.1. The van der Waals surface area contributed by atoms with Gasteiger partial charge in [-0.05, 0) is 238 Å². The van der Waals surface area contributed by atoms with E-state index in [1.807, 2.05) is 110 Å². The maximum absolute atomic E-state index is 6.06. The number of hydrogen-bond donors (Lipinski definition) is 0. The molecule has 9 nitrogen and oxygen atoms in total. The van der Waals surface area contributed by atoms with Crippen LogP contribution in [-0.4, -0.2) is 28.7 Å². The molecule has 6 heterocycles. The van der Waals surface area contributed by atoms with E-state index in [1.54, 1.807) is 0 Å². The van der Waals surface area contributed by atoms with Crippen molar-refractivity contribution in [1.82, 2.24) is 28.7 Å². The van der Waals surface area contributed by atoms with Crippen molar-refractivity contribution in [2.75, 3.05) is 0 Å². The molecule has 18 aromatic rings. The first-order chi connectivity index (χ1) is 48.2. The van der Waals surface area contributed by atoms with Crippen LogP contribution in [0.1, 0.15) is 50.1 Å². The molecule has 18 rings (SSSR count). The first-order valence-corrected chi connectivity index (χ1v) is 33.4. The van der Waals surface area contributed by atoms with Gasteiger partial charge >= 0.3 is 20.1 Å². The van der Waals surface area contributed by atoms with Gasteiger partial charge in [0.25, 0.3) is 0 Å². The predicted molar refractivity (Wildman–Crippen MR) is 404 cm³/mol. The van der Waals surface area contributed by atoms with Crippen LogP contribution in [0.2, 0.25) is 0 Å². The fourth-order valence-corrected chi connectivity index (χ4v) is 14.4.